The summed E-state index contributed by atoms with van der Waals surface area (Å²) < 4.78 is 12.5. The van der Waals surface area contributed by atoms with Crippen molar-refractivity contribution in [1.82, 2.24) is 0 Å². The van der Waals surface area contributed by atoms with Gasteiger partial charge in [0.05, 0.1) is 11.2 Å². The first-order chi connectivity index (χ1) is 13.8. The molecule has 0 amide bonds. The van der Waals surface area contributed by atoms with E-state index >= 15 is 0 Å². The molecule has 4 aromatic carbocycles. The zero-order valence-electron chi connectivity index (χ0n) is 17.4. The van der Waals surface area contributed by atoms with Crippen molar-refractivity contribution in [3.63, 3.8) is 0 Å². The van der Waals surface area contributed by atoms with E-state index in [0.29, 0.717) is 0 Å². The molecular weight excluding hydrogens is 355 g/mol. The molecule has 3 heteroatoms. The van der Waals surface area contributed by atoms with Gasteiger partial charge in [-0.2, -0.15) is 0 Å². The second-order valence-corrected chi connectivity index (χ2v) is 8.94. The maximum Gasteiger partial charge on any atom is 0.494 e. The van der Waals surface area contributed by atoms with E-state index in [2.05, 4.69) is 107 Å². The number of fused-ring (bicyclic) bond motifs is 3. The summed E-state index contributed by atoms with van der Waals surface area (Å²) in [5.41, 5.74) is 2.89. The third-order valence-corrected chi connectivity index (χ3v) is 6.49. The minimum atomic E-state index is -0.333. The molecule has 0 aromatic heterocycles. The maximum atomic E-state index is 6.23. The van der Waals surface area contributed by atoms with Crippen LogP contribution in [0, 0.1) is 0 Å². The molecule has 0 N–H and O–H groups in total. The van der Waals surface area contributed by atoms with Gasteiger partial charge in [0, 0.05) is 0 Å². The molecule has 1 saturated heterocycles. The predicted octanol–water partition coefficient (Wildman–Crippen LogP) is 5.96. The lowest BCUT2D eigenvalue weighted by Crippen LogP contribution is -2.41. The molecule has 29 heavy (non-hydrogen) atoms. The largest absolute Gasteiger partial charge is 0.494 e. The van der Waals surface area contributed by atoms with Crippen LogP contribution in [-0.2, 0) is 9.31 Å². The van der Waals surface area contributed by atoms with Crippen LogP contribution in [0.25, 0.3) is 32.7 Å². The first-order valence-corrected chi connectivity index (χ1v) is 10.2. The highest BCUT2D eigenvalue weighted by molar-refractivity contribution is 6.62. The normalized spacial score (nSPS) is 17.9. The van der Waals surface area contributed by atoms with Gasteiger partial charge in [0.25, 0.3) is 0 Å². The van der Waals surface area contributed by atoms with E-state index in [1.165, 1.54) is 32.7 Å². The number of rotatable bonds is 2. The minimum absolute atomic E-state index is 0.330. The van der Waals surface area contributed by atoms with Crippen LogP contribution < -0.4 is 5.46 Å². The monoisotopic (exact) mass is 380 g/mol. The Labute approximate surface area is 172 Å². The molecule has 4 aromatic rings. The van der Waals surface area contributed by atoms with Crippen molar-refractivity contribution < 1.29 is 9.31 Å². The Bertz CT molecular complexity index is 1200. The van der Waals surface area contributed by atoms with Crippen molar-refractivity contribution in [3.05, 3.63) is 78.9 Å². The molecule has 144 valence electrons. The standard InChI is InChI=1S/C26H25BO2/c1-25(2)26(3,4)29-27(28-25)22-13-15-24-21(17-22)11-10-20-16-19(12-14-23(20)24)18-8-6-5-7-9-18/h5-17H,1-4H3. The zero-order valence-corrected chi connectivity index (χ0v) is 17.4. The van der Waals surface area contributed by atoms with Crippen molar-refractivity contribution in [2.24, 2.45) is 0 Å². The van der Waals surface area contributed by atoms with Gasteiger partial charge in [-0.15, -0.1) is 0 Å². The van der Waals surface area contributed by atoms with Crippen molar-refractivity contribution >= 4 is 34.1 Å². The summed E-state index contributed by atoms with van der Waals surface area (Å²) >= 11 is 0. The van der Waals surface area contributed by atoms with Gasteiger partial charge in [0.2, 0.25) is 0 Å². The van der Waals surface area contributed by atoms with Crippen molar-refractivity contribution in [3.8, 4) is 11.1 Å². The molecule has 1 aliphatic heterocycles. The quantitative estimate of drug-likeness (QED) is 0.316. The molecular formula is C26H25BO2. The van der Waals surface area contributed by atoms with Gasteiger partial charge in [0.15, 0.2) is 0 Å². The topological polar surface area (TPSA) is 18.5 Å². The van der Waals surface area contributed by atoms with E-state index in [0.717, 1.165) is 5.46 Å². The van der Waals surface area contributed by atoms with E-state index < -0.39 is 0 Å². The summed E-state index contributed by atoms with van der Waals surface area (Å²) in [4.78, 5) is 0. The first kappa shape index (κ1) is 18.4. The third kappa shape index (κ3) is 3.06. The third-order valence-electron chi connectivity index (χ3n) is 6.49. The lowest BCUT2D eigenvalue weighted by Gasteiger charge is -2.32. The highest BCUT2D eigenvalue weighted by Gasteiger charge is 2.51. The van der Waals surface area contributed by atoms with Crippen molar-refractivity contribution in [2.75, 3.05) is 0 Å². The smallest absolute Gasteiger partial charge is 0.399 e. The average Bonchev–Trinajstić information content (AvgIpc) is 2.95. The molecule has 5 rings (SSSR count). The molecule has 1 fully saturated rings. The fraction of sp³-hybridized carbons (Fsp3) is 0.231. The molecule has 0 spiro atoms. The Morgan fingerprint density at radius 2 is 1.17 bits per heavy atom. The maximum absolute atomic E-state index is 6.23. The van der Waals surface area contributed by atoms with Gasteiger partial charge in [0.1, 0.15) is 0 Å². The lowest BCUT2D eigenvalue weighted by atomic mass is 9.78. The van der Waals surface area contributed by atoms with Crippen molar-refractivity contribution in [2.45, 2.75) is 38.9 Å². The second-order valence-electron chi connectivity index (χ2n) is 8.94. The SMILES string of the molecule is CC1(C)OB(c2ccc3c(ccc4cc(-c5ccccc5)ccc43)c2)OC1(C)C. The van der Waals surface area contributed by atoms with E-state index in [-0.39, 0.29) is 18.3 Å². The van der Waals surface area contributed by atoms with Crippen LogP contribution >= 0.6 is 0 Å². The number of hydrogen-bond donors (Lipinski definition) is 0. The van der Waals surface area contributed by atoms with Crippen LogP contribution in [0.2, 0.25) is 0 Å². The molecule has 2 nitrogen and oxygen atoms in total. The van der Waals surface area contributed by atoms with Gasteiger partial charge in [-0.25, -0.2) is 0 Å². The van der Waals surface area contributed by atoms with E-state index in [1.54, 1.807) is 0 Å². The molecule has 1 aliphatic rings. The summed E-state index contributed by atoms with van der Waals surface area (Å²) in [6, 6.07) is 28.2. The van der Waals surface area contributed by atoms with Crippen molar-refractivity contribution in [1.29, 1.82) is 0 Å². The summed E-state index contributed by atoms with van der Waals surface area (Å²) in [5, 5.41) is 4.98. The Morgan fingerprint density at radius 1 is 0.586 bits per heavy atom. The molecule has 0 saturated carbocycles. The highest BCUT2D eigenvalue weighted by atomic mass is 16.7. The second kappa shape index (κ2) is 6.45. The summed E-state index contributed by atoms with van der Waals surface area (Å²) in [5.74, 6) is 0. The first-order valence-electron chi connectivity index (χ1n) is 10.2. The molecule has 0 atom stereocenters. The minimum Gasteiger partial charge on any atom is -0.399 e. The highest BCUT2D eigenvalue weighted by Crippen LogP contribution is 2.37. The van der Waals surface area contributed by atoms with Gasteiger partial charge >= 0.3 is 7.12 Å². The average molecular weight is 380 g/mol. The fourth-order valence-corrected chi connectivity index (χ4v) is 4.03. The van der Waals surface area contributed by atoms with Crippen LogP contribution in [0.3, 0.4) is 0 Å². The van der Waals surface area contributed by atoms with Crippen LogP contribution in [0.15, 0.2) is 78.9 Å². The summed E-state index contributed by atoms with van der Waals surface area (Å²) in [7, 11) is -0.333. The van der Waals surface area contributed by atoms with E-state index in [1.807, 2.05) is 0 Å². The Hall–Kier alpha value is -2.62. The molecule has 0 bridgehead atoms. The van der Waals surface area contributed by atoms with Crippen LogP contribution in [0.4, 0.5) is 0 Å². The molecule has 0 unspecified atom stereocenters. The molecule has 0 aliphatic carbocycles. The summed E-state index contributed by atoms with van der Waals surface area (Å²) in [6.07, 6.45) is 0. The van der Waals surface area contributed by atoms with Gasteiger partial charge < -0.3 is 9.31 Å². The summed E-state index contributed by atoms with van der Waals surface area (Å²) in [6.45, 7) is 8.36. The van der Waals surface area contributed by atoms with Crippen LogP contribution in [0.5, 0.6) is 0 Å². The Balaban J connectivity index is 1.55. The Kier molecular flexibility index (Phi) is 4.09. The van der Waals surface area contributed by atoms with E-state index in [9.17, 15) is 0 Å². The van der Waals surface area contributed by atoms with Crippen LogP contribution in [-0.4, -0.2) is 18.3 Å². The molecule has 0 radical (unpaired) electrons. The zero-order chi connectivity index (χ0) is 20.2. The number of benzene rings is 4. The Morgan fingerprint density at radius 3 is 1.83 bits per heavy atom. The fourth-order valence-electron chi connectivity index (χ4n) is 4.03. The van der Waals surface area contributed by atoms with Crippen LogP contribution in [0.1, 0.15) is 27.7 Å². The lowest BCUT2D eigenvalue weighted by molar-refractivity contribution is 0.00578. The van der Waals surface area contributed by atoms with Gasteiger partial charge in [-0.05, 0) is 71.9 Å². The van der Waals surface area contributed by atoms with Gasteiger partial charge in [-0.3, -0.25) is 0 Å². The van der Waals surface area contributed by atoms with Gasteiger partial charge in [-0.1, -0.05) is 72.8 Å². The van der Waals surface area contributed by atoms with E-state index in [4.69, 9.17) is 9.31 Å². The number of hydrogen-bond acceptors (Lipinski definition) is 2. The predicted molar refractivity (Wildman–Crippen MR) is 123 cm³/mol. The molecule has 1 heterocycles.